The Bertz CT molecular complexity index is 664. The molecule has 0 bridgehead atoms. The Kier molecular flexibility index (Phi) is 3.84. The van der Waals surface area contributed by atoms with Crippen molar-refractivity contribution in [3.63, 3.8) is 0 Å². The molecule has 6 nitrogen and oxygen atoms in total. The standard InChI is InChI=1S/C12H16N4O2S/c1-3-19(17,18)11-7-5-4-6-10(11)13-8-12-15-14-9-16(12)2/h4-7,9,13H,3,8H2,1-2H3. The van der Waals surface area contributed by atoms with E-state index in [0.29, 0.717) is 17.1 Å². The van der Waals surface area contributed by atoms with E-state index in [1.165, 1.54) is 0 Å². The lowest BCUT2D eigenvalue weighted by Gasteiger charge is -2.11. The van der Waals surface area contributed by atoms with Crippen molar-refractivity contribution in [3.05, 3.63) is 36.4 Å². The van der Waals surface area contributed by atoms with Gasteiger partial charge in [-0.15, -0.1) is 10.2 Å². The van der Waals surface area contributed by atoms with Crippen molar-refractivity contribution in [1.82, 2.24) is 14.8 Å². The smallest absolute Gasteiger partial charge is 0.180 e. The van der Waals surface area contributed by atoms with Gasteiger partial charge in [-0.25, -0.2) is 8.42 Å². The highest BCUT2D eigenvalue weighted by molar-refractivity contribution is 7.91. The van der Waals surface area contributed by atoms with E-state index in [0.717, 1.165) is 5.82 Å². The number of nitrogens with zero attached hydrogens (tertiary/aromatic N) is 3. The first-order chi connectivity index (χ1) is 9.04. The van der Waals surface area contributed by atoms with Crippen molar-refractivity contribution < 1.29 is 8.42 Å². The Balaban J connectivity index is 2.24. The number of hydrogen-bond acceptors (Lipinski definition) is 5. The minimum absolute atomic E-state index is 0.0790. The van der Waals surface area contributed by atoms with Crippen molar-refractivity contribution in [2.45, 2.75) is 18.4 Å². The summed E-state index contributed by atoms with van der Waals surface area (Å²) in [4.78, 5) is 0.319. The molecule has 0 radical (unpaired) electrons. The van der Waals surface area contributed by atoms with Gasteiger partial charge >= 0.3 is 0 Å². The number of aromatic nitrogens is 3. The summed E-state index contributed by atoms with van der Waals surface area (Å²) in [6, 6.07) is 6.88. The van der Waals surface area contributed by atoms with Crippen molar-refractivity contribution >= 4 is 15.5 Å². The zero-order chi connectivity index (χ0) is 13.9. The molecular weight excluding hydrogens is 264 g/mol. The fourth-order valence-electron chi connectivity index (χ4n) is 1.68. The van der Waals surface area contributed by atoms with Gasteiger partial charge in [0.15, 0.2) is 15.7 Å². The number of rotatable bonds is 5. The highest BCUT2D eigenvalue weighted by atomic mass is 32.2. The fourth-order valence-corrected chi connectivity index (χ4v) is 2.75. The van der Waals surface area contributed by atoms with Crippen LogP contribution in [0.3, 0.4) is 0 Å². The minimum Gasteiger partial charge on any atom is -0.377 e. The van der Waals surface area contributed by atoms with Gasteiger partial charge in [-0.1, -0.05) is 19.1 Å². The van der Waals surface area contributed by atoms with E-state index in [1.54, 1.807) is 42.1 Å². The molecule has 2 aromatic rings. The molecule has 0 atom stereocenters. The van der Waals surface area contributed by atoms with E-state index in [4.69, 9.17) is 0 Å². The van der Waals surface area contributed by atoms with E-state index in [9.17, 15) is 8.42 Å². The zero-order valence-electron chi connectivity index (χ0n) is 10.9. The van der Waals surface area contributed by atoms with Crippen LogP contribution >= 0.6 is 0 Å². The summed E-state index contributed by atoms with van der Waals surface area (Å²) < 4.78 is 25.7. The van der Waals surface area contributed by atoms with Crippen molar-refractivity contribution in [2.75, 3.05) is 11.1 Å². The molecule has 0 aliphatic rings. The third-order valence-corrected chi connectivity index (χ3v) is 4.63. The molecule has 1 aromatic heterocycles. The molecule has 7 heteroatoms. The number of para-hydroxylation sites is 1. The second-order valence-electron chi connectivity index (χ2n) is 4.11. The fraction of sp³-hybridized carbons (Fsp3) is 0.333. The first kappa shape index (κ1) is 13.5. The molecular formula is C12H16N4O2S. The largest absolute Gasteiger partial charge is 0.377 e. The number of anilines is 1. The highest BCUT2D eigenvalue weighted by Gasteiger charge is 2.16. The van der Waals surface area contributed by atoms with Crippen LogP contribution in [0.25, 0.3) is 0 Å². The molecule has 2 rings (SSSR count). The molecule has 1 N–H and O–H groups in total. The normalized spacial score (nSPS) is 11.5. The summed E-state index contributed by atoms with van der Waals surface area (Å²) >= 11 is 0. The maximum Gasteiger partial charge on any atom is 0.180 e. The van der Waals surface area contributed by atoms with E-state index in [2.05, 4.69) is 15.5 Å². The lowest BCUT2D eigenvalue weighted by Crippen LogP contribution is -2.11. The van der Waals surface area contributed by atoms with Gasteiger partial charge in [0, 0.05) is 7.05 Å². The molecule has 1 aromatic carbocycles. The lowest BCUT2D eigenvalue weighted by atomic mass is 10.3. The SMILES string of the molecule is CCS(=O)(=O)c1ccccc1NCc1nncn1C. The Morgan fingerprint density at radius 1 is 1.32 bits per heavy atom. The molecule has 0 unspecified atom stereocenters. The van der Waals surface area contributed by atoms with Gasteiger partial charge in [-0.3, -0.25) is 0 Å². The second-order valence-corrected chi connectivity index (χ2v) is 6.36. The highest BCUT2D eigenvalue weighted by Crippen LogP contribution is 2.22. The third kappa shape index (κ3) is 2.93. The van der Waals surface area contributed by atoms with Crippen LogP contribution in [0.15, 0.2) is 35.5 Å². The minimum atomic E-state index is -3.24. The third-order valence-electron chi connectivity index (χ3n) is 2.84. The van der Waals surface area contributed by atoms with Crippen molar-refractivity contribution in [2.24, 2.45) is 7.05 Å². The van der Waals surface area contributed by atoms with E-state index in [-0.39, 0.29) is 5.75 Å². The summed E-state index contributed by atoms with van der Waals surface area (Å²) in [5, 5.41) is 10.8. The average Bonchev–Trinajstić information content (AvgIpc) is 2.82. The molecule has 0 fully saturated rings. The molecule has 0 aliphatic heterocycles. The number of sulfone groups is 1. The predicted molar refractivity (Wildman–Crippen MR) is 72.5 cm³/mol. The zero-order valence-corrected chi connectivity index (χ0v) is 11.7. The first-order valence-electron chi connectivity index (χ1n) is 5.93. The van der Waals surface area contributed by atoms with Gasteiger partial charge in [0.2, 0.25) is 0 Å². The van der Waals surface area contributed by atoms with Crippen molar-refractivity contribution in [3.8, 4) is 0 Å². The maximum absolute atomic E-state index is 12.0. The maximum atomic E-state index is 12.0. The molecule has 0 saturated carbocycles. The summed E-state index contributed by atoms with van der Waals surface area (Å²) in [6.07, 6.45) is 1.60. The molecule has 0 spiro atoms. The van der Waals surface area contributed by atoms with Gasteiger partial charge in [-0.05, 0) is 12.1 Å². The molecule has 19 heavy (non-hydrogen) atoms. The first-order valence-corrected chi connectivity index (χ1v) is 7.58. The van der Waals surface area contributed by atoms with Gasteiger partial charge in [0.05, 0.1) is 22.9 Å². The number of nitrogens with one attached hydrogen (secondary N) is 1. The summed E-state index contributed by atoms with van der Waals surface area (Å²) in [7, 11) is -1.40. The van der Waals surface area contributed by atoms with Gasteiger partial charge in [0.25, 0.3) is 0 Å². The predicted octanol–water partition coefficient (Wildman–Crippen LogP) is 1.22. The molecule has 0 aliphatic carbocycles. The van der Waals surface area contributed by atoms with Crippen LogP contribution in [0.1, 0.15) is 12.7 Å². The lowest BCUT2D eigenvalue weighted by molar-refractivity contribution is 0.597. The summed E-state index contributed by atoms with van der Waals surface area (Å²) in [5.41, 5.74) is 0.590. The average molecular weight is 280 g/mol. The van der Waals surface area contributed by atoms with Crippen LogP contribution < -0.4 is 5.32 Å². The Morgan fingerprint density at radius 2 is 2.05 bits per heavy atom. The van der Waals surface area contributed by atoms with Crippen LogP contribution in [0, 0.1) is 0 Å². The van der Waals surface area contributed by atoms with Crippen molar-refractivity contribution in [1.29, 1.82) is 0 Å². The van der Waals surface area contributed by atoms with Crippen LogP contribution in [0.4, 0.5) is 5.69 Å². The van der Waals surface area contributed by atoms with Gasteiger partial charge in [-0.2, -0.15) is 0 Å². The van der Waals surface area contributed by atoms with E-state index in [1.807, 2.05) is 7.05 Å². The molecule has 1 heterocycles. The van der Waals surface area contributed by atoms with Gasteiger partial charge < -0.3 is 9.88 Å². The second kappa shape index (κ2) is 5.40. The van der Waals surface area contributed by atoms with Gasteiger partial charge in [0.1, 0.15) is 6.33 Å². The Morgan fingerprint density at radius 3 is 2.68 bits per heavy atom. The summed E-state index contributed by atoms with van der Waals surface area (Å²) in [6.45, 7) is 2.06. The number of hydrogen-bond donors (Lipinski definition) is 1. The molecule has 102 valence electrons. The summed E-state index contributed by atoms with van der Waals surface area (Å²) in [5.74, 6) is 0.819. The van der Waals surface area contributed by atoms with Crippen LogP contribution in [0.2, 0.25) is 0 Å². The number of aryl methyl sites for hydroxylation is 1. The molecule has 0 amide bonds. The van der Waals surface area contributed by atoms with E-state index >= 15 is 0 Å². The monoisotopic (exact) mass is 280 g/mol. The quantitative estimate of drug-likeness (QED) is 0.891. The van der Waals surface area contributed by atoms with Crippen LogP contribution in [-0.4, -0.2) is 28.9 Å². The Hall–Kier alpha value is -1.89. The topological polar surface area (TPSA) is 76.9 Å². The molecule has 0 saturated heterocycles. The van der Waals surface area contributed by atoms with Crippen LogP contribution in [0.5, 0.6) is 0 Å². The number of benzene rings is 1. The Labute approximate surface area is 112 Å². The van der Waals surface area contributed by atoms with E-state index < -0.39 is 9.84 Å². The van der Waals surface area contributed by atoms with Crippen LogP contribution in [-0.2, 0) is 23.4 Å².